The first-order chi connectivity index (χ1) is 48.6. The predicted molar refractivity (Wildman–Crippen MR) is 415 cm³/mol. The molecule has 0 fully saturated rings. The Morgan fingerprint density at radius 3 is 0.653 bits per heavy atom. The second-order valence-electron chi connectivity index (χ2n) is 27.1. The van der Waals surface area contributed by atoms with Crippen LogP contribution in [0.4, 0.5) is 0 Å². The number of unbranched alkanes of at least 4 members (excludes halogenated alkanes) is 44. The average molecular weight is 1480 g/mol. The molecule has 0 unspecified atom stereocenters. The van der Waals surface area contributed by atoms with E-state index in [9.17, 15) is 45.1 Å². The van der Waals surface area contributed by atoms with Gasteiger partial charge in [-0.3, -0.25) is 0 Å². The summed E-state index contributed by atoms with van der Waals surface area (Å²) in [7, 11) is -10.0. The van der Waals surface area contributed by atoms with Gasteiger partial charge in [0.15, 0.2) is 0 Å². The van der Waals surface area contributed by atoms with E-state index in [1.54, 1.807) is 0 Å². The summed E-state index contributed by atoms with van der Waals surface area (Å²) in [6.07, 6.45) is 77.8. The van der Waals surface area contributed by atoms with E-state index in [0.717, 1.165) is 141 Å². The van der Waals surface area contributed by atoms with Crippen LogP contribution in [0.3, 0.4) is 0 Å². The molecule has 2 aromatic rings. The molecule has 0 aromatic heterocycles. The van der Waals surface area contributed by atoms with Crippen LogP contribution in [0, 0.1) is 0 Å². The number of esters is 4. The number of benzene rings is 2. The number of carbonyl (C=O) groups is 4. The molecule has 0 aliphatic carbocycles. The van der Waals surface area contributed by atoms with Crippen LogP contribution in [0.5, 0.6) is 0 Å². The van der Waals surface area contributed by atoms with E-state index in [-0.39, 0.29) is 75.3 Å². The summed E-state index contributed by atoms with van der Waals surface area (Å²) >= 11 is 0. The molecule has 0 saturated heterocycles. The Bertz CT molecular complexity index is 2540. The van der Waals surface area contributed by atoms with E-state index < -0.39 is 65.0 Å². The fraction of sp³-hybridized carbons (Fsp3) is 0.714. The van der Waals surface area contributed by atoms with Crippen molar-refractivity contribution in [3.63, 3.8) is 0 Å². The van der Waals surface area contributed by atoms with Gasteiger partial charge in [-0.1, -0.05) is 294 Å². The Morgan fingerprint density at radius 2 is 0.455 bits per heavy atom. The molecule has 17 heteroatoms. The summed E-state index contributed by atoms with van der Waals surface area (Å²) in [5, 5.41) is 0. The fourth-order valence-electron chi connectivity index (χ4n) is 11.9. The molecule has 0 spiro atoms. The molecule has 0 heterocycles. The minimum atomic E-state index is -5.01. The van der Waals surface area contributed by atoms with Gasteiger partial charge < -0.3 is 28.1 Å². The van der Waals surface area contributed by atoms with E-state index in [1.165, 1.54) is 204 Å². The number of carbonyl (C=O) groups excluding carboxylic acids is 4. The smallest absolute Gasteiger partial charge is 0.744 e. The van der Waals surface area contributed by atoms with Crippen molar-refractivity contribution in [2.24, 2.45) is 0 Å². The normalized spacial score (nSPS) is 11.8. The van der Waals surface area contributed by atoms with Gasteiger partial charge in [-0.2, -0.15) is 0 Å². The molecular formula is C84H138CaO14S2. The summed E-state index contributed by atoms with van der Waals surface area (Å²) in [4.78, 5) is 50.2. The monoisotopic (exact) mass is 1470 g/mol. The molecule has 2 aromatic carbocycles. The van der Waals surface area contributed by atoms with Gasteiger partial charge in [0, 0.05) is 0 Å². The molecule has 2 rings (SSSR count). The molecule has 0 aliphatic rings. The van der Waals surface area contributed by atoms with Gasteiger partial charge in [-0.15, -0.1) is 0 Å². The number of ether oxygens (including phenoxy) is 4. The molecule has 0 amide bonds. The first-order valence-corrected chi connectivity index (χ1v) is 42.9. The topological polar surface area (TPSA) is 220 Å². The summed E-state index contributed by atoms with van der Waals surface area (Å²) in [5.41, 5.74) is -1.59. The van der Waals surface area contributed by atoms with Gasteiger partial charge >= 0.3 is 61.6 Å². The zero-order chi connectivity index (χ0) is 73.1. The van der Waals surface area contributed by atoms with Crippen LogP contribution >= 0.6 is 0 Å². The third-order valence-electron chi connectivity index (χ3n) is 18.0. The van der Waals surface area contributed by atoms with Crippen LogP contribution in [-0.2, 0) is 39.2 Å². The van der Waals surface area contributed by atoms with Gasteiger partial charge in [0.05, 0.1) is 58.5 Å². The number of allylic oxidation sites excluding steroid dienone is 8. The second kappa shape index (κ2) is 69.4. The standard InChI is InChI=1S/2C42H70O7S.Ca/c2*1-3-5-7-9-11-13-15-17-19-21-23-25-27-29-31-36-48-41(43)38-34-33-35-39(50(45,46)47)40(38)42(44)49-37-32-30-28-26-24-22-20-18-16-14-12-10-8-6-4-2;/h2*15-18,33-35H,3-14,19-32,36-37H2,1-2H3,(H,45,46,47);/q;;+2/p-2/b2*17-15+,18-16+;. The molecule has 0 bridgehead atoms. The summed E-state index contributed by atoms with van der Waals surface area (Å²) < 4.78 is 93.1. The molecule has 0 aliphatic heterocycles. The maximum Gasteiger partial charge on any atom is 2.00 e. The van der Waals surface area contributed by atoms with Crippen molar-refractivity contribution in [3.05, 3.63) is 107 Å². The van der Waals surface area contributed by atoms with E-state index >= 15 is 0 Å². The Labute approximate surface area is 645 Å². The van der Waals surface area contributed by atoms with Crippen molar-refractivity contribution in [1.29, 1.82) is 0 Å². The molecule has 0 radical (unpaired) electrons. The third kappa shape index (κ3) is 55.5. The predicted octanol–water partition coefficient (Wildman–Crippen LogP) is 24.0. The van der Waals surface area contributed by atoms with Crippen LogP contribution < -0.4 is 0 Å². The van der Waals surface area contributed by atoms with E-state index in [1.807, 2.05) is 0 Å². The first-order valence-electron chi connectivity index (χ1n) is 40.1. The number of rotatable bonds is 66. The average Bonchev–Trinajstić information content (AvgIpc) is 0.800. The van der Waals surface area contributed by atoms with Gasteiger partial charge in [0.2, 0.25) is 0 Å². The van der Waals surface area contributed by atoms with Crippen LogP contribution in [0.1, 0.15) is 403 Å². The second-order valence-corrected chi connectivity index (χ2v) is 29.8. The van der Waals surface area contributed by atoms with E-state index in [0.29, 0.717) is 25.7 Å². The maximum absolute atomic E-state index is 13.0. The van der Waals surface area contributed by atoms with Crippen LogP contribution in [0.25, 0.3) is 0 Å². The van der Waals surface area contributed by atoms with Crippen molar-refractivity contribution in [3.8, 4) is 0 Å². The number of hydrogen-bond donors (Lipinski definition) is 0. The minimum absolute atomic E-state index is 0. The third-order valence-corrected chi connectivity index (χ3v) is 19.8. The van der Waals surface area contributed by atoms with Gasteiger partial charge in [0.25, 0.3) is 0 Å². The Morgan fingerprint density at radius 1 is 0.277 bits per heavy atom. The van der Waals surface area contributed by atoms with Crippen LogP contribution in [0.15, 0.2) is 94.8 Å². The minimum Gasteiger partial charge on any atom is -0.744 e. The molecule has 101 heavy (non-hydrogen) atoms. The van der Waals surface area contributed by atoms with Crippen molar-refractivity contribution >= 4 is 81.9 Å². The van der Waals surface area contributed by atoms with Crippen molar-refractivity contribution in [2.75, 3.05) is 26.4 Å². The van der Waals surface area contributed by atoms with Gasteiger partial charge in [-0.05, 0) is 153 Å². The Hall–Kier alpha value is -3.64. The van der Waals surface area contributed by atoms with Crippen molar-refractivity contribution in [1.82, 2.24) is 0 Å². The van der Waals surface area contributed by atoms with Gasteiger partial charge in [0.1, 0.15) is 20.2 Å². The quantitative estimate of drug-likeness (QED) is 0.0150. The number of hydrogen-bond acceptors (Lipinski definition) is 14. The SMILES string of the molecule is CCCCCCC/C=C/CCCCCCCCOC(=O)c1cccc(S(=O)(=O)[O-])c1C(=O)OCCCCCCCC/C=C/CCCCCCC.CCCCCCC/C=C/CCCCCCCCOC(=O)c1cccc(S(=O)(=O)[O-])c1C(=O)OCCCCCCCC/C=C/CCCCCCC.[Ca+2]. The Kier molecular flexibility index (Phi) is 66.9. The van der Waals surface area contributed by atoms with Crippen molar-refractivity contribution in [2.45, 2.75) is 371 Å². The zero-order valence-electron chi connectivity index (χ0n) is 63.9. The van der Waals surface area contributed by atoms with E-state index in [2.05, 4.69) is 76.3 Å². The van der Waals surface area contributed by atoms with Crippen LogP contribution in [0.2, 0.25) is 0 Å². The molecule has 14 nitrogen and oxygen atoms in total. The molecule has 0 atom stereocenters. The summed E-state index contributed by atoms with van der Waals surface area (Å²) in [6, 6.07) is 7.21. The molecular weight excluding hydrogens is 1340 g/mol. The molecule has 0 N–H and O–H groups in total. The van der Waals surface area contributed by atoms with Crippen molar-refractivity contribution < 1.29 is 64.1 Å². The summed E-state index contributed by atoms with van der Waals surface area (Å²) in [6.45, 7) is 9.41. The Balaban J connectivity index is 0.00000196. The molecule has 572 valence electrons. The zero-order valence-corrected chi connectivity index (χ0v) is 67.8. The van der Waals surface area contributed by atoms with E-state index in [4.69, 9.17) is 18.9 Å². The fourth-order valence-corrected chi connectivity index (χ4v) is 13.3. The molecule has 0 saturated carbocycles. The van der Waals surface area contributed by atoms with Gasteiger partial charge in [-0.25, -0.2) is 36.0 Å². The maximum atomic E-state index is 13.0. The first kappa shape index (κ1) is 97.4. The largest absolute Gasteiger partial charge is 2.00 e. The summed E-state index contributed by atoms with van der Waals surface area (Å²) in [5.74, 6) is -3.65. The van der Waals surface area contributed by atoms with Crippen LogP contribution in [-0.4, -0.2) is 114 Å².